The molecule has 0 aliphatic carbocycles. The first-order valence-corrected chi connectivity index (χ1v) is 12.8. The average Bonchev–Trinajstić information content (AvgIpc) is 2.73. The Labute approximate surface area is 202 Å². The number of anilines is 1. The smallest absolute Gasteiger partial charge is 0.244 e. The zero-order chi connectivity index (χ0) is 25.7. The minimum Gasteiger partial charge on any atom is -0.497 e. The van der Waals surface area contributed by atoms with Crippen molar-refractivity contribution in [3.05, 3.63) is 59.7 Å². The van der Waals surface area contributed by atoms with Crippen LogP contribution in [0, 0.1) is 6.92 Å². The van der Waals surface area contributed by atoms with Gasteiger partial charge in [-0.15, -0.1) is 0 Å². The molecule has 0 radical (unpaired) electrons. The first-order chi connectivity index (χ1) is 15.7. The van der Waals surface area contributed by atoms with Crippen molar-refractivity contribution in [2.45, 2.75) is 52.7 Å². The molecule has 2 rings (SSSR count). The lowest BCUT2D eigenvalue weighted by molar-refractivity contribution is -0.140. The number of hydrogen-bond donors (Lipinski definition) is 1. The van der Waals surface area contributed by atoms with Crippen LogP contribution in [0.3, 0.4) is 0 Å². The molecule has 0 aliphatic rings. The number of aryl methyl sites for hydroxylation is 1. The highest BCUT2D eigenvalue weighted by molar-refractivity contribution is 7.92. The maximum absolute atomic E-state index is 13.5. The lowest BCUT2D eigenvalue weighted by atomic mass is 10.1. The lowest BCUT2D eigenvalue weighted by Gasteiger charge is -2.33. The van der Waals surface area contributed by atoms with E-state index >= 15 is 0 Å². The van der Waals surface area contributed by atoms with Crippen molar-refractivity contribution in [1.29, 1.82) is 0 Å². The monoisotopic (exact) mass is 489 g/mol. The molecule has 186 valence electrons. The van der Waals surface area contributed by atoms with E-state index in [-0.39, 0.29) is 12.5 Å². The largest absolute Gasteiger partial charge is 0.497 e. The summed E-state index contributed by atoms with van der Waals surface area (Å²) < 4.78 is 31.4. The summed E-state index contributed by atoms with van der Waals surface area (Å²) in [5.41, 5.74) is 1.56. The van der Waals surface area contributed by atoms with Crippen LogP contribution in [-0.4, -0.2) is 56.6 Å². The maximum Gasteiger partial charge on any atom is 0.244 e. The van der Waals surface area contributed by atoms with E-state index in [4.69, 9.17) is 4.74 Å². The van der Waals surface area contributed by atoms with Crippen LogP contribution in [-0.2, 0) is 26.2 Å². The van der Waals surface area contributed by atoms with Gasteiger partial charge in [0, 0.05) is 12.1 Å². The summed E-state index contributed by atoms with van der Waals surface area (Å²) in [5.74, 6) is -0.141. The van der Waals surface area contributed by atoms with Crippen molar-refractivity contribution in [3.8, 4) is 5.75 Å². The molecule has 8 nitrogen and oxygen atoms in total. The SMILES string of the molecule is COc1ccc(CN(C(=O)CN(c2cccc(C)c2)S(C)(=O)=O)[C@@H](C)C(=O)NC(C)(C)C)cc1. The van der Waals surface area contributed by atoms with Gasteiger partial charge in [0.2, 0.25) is 21.8 Å². The summed E-state index contributed by atoms with van der Waals surface area (Å²) in [4.78, 5) is 27.8. The number of carbonyl (C=O) groups is 2. The van der Waals surface area contributed by atoms with Gasteiger partial charge in [-0.05, 0) is 70.0 Å². The number of amides is 2. The Balaban J connectivity index is 2.40. The number of nitrogens with zero attached hydrogens (tertiary/aromatic N) is 2. The number of benzene rings is 2. The van der Waals surface area contributed by atoms with Gasteiger partial charge in [-0.1, -0.05) is 24.3 Å². The summed E-state index contributed by atoms with van der Waals surface area (Å²) in [6.07, 6.45) is 1.06. The molecule has 0 saturated carbocycles. The van der Waals surface area contributed by atoms with Gasteiger partial charge in [0.1, 0.15) is 18.3 Å². The van der Waals surface area contributed by atoms with Crippen molar-refractivity contribution in [1.82, 2.24) is 10.2 Å². The molecule has 0 aliphatic heterocycles. The summed E-state index contributed by atoms with van der Waals surface area (Å²) in [6, 6.07) is 13.3. The predicted molar refractivity (Wildman–Crippen MR) is 134 cm³/mol. The molecule has 0 unspecified atom stereocenters. The summed E-state index contributed by atoms with van der Waals surface area (Å²) >= 11 is 0. The third kappa shape index (κ3) is 7.76. The van der Waals surface area contributed by atoms with Crippen molar-refractivity contribution in [2.24, 2.45) is 0 Å². The van der Waals surface area contributed by atoms with Gasteiger partial charge in [-0.2, -0.15) is 0 Å². The molecule has 0 bridgehead atoms. The molecule has 2 aromatic rings. The average molecular weight is 490 g/mol. The van der Waals surface area contributed by atoms with Gasteiger partial charge < -0.3 is 15.0 Å². The molecule has 9 heteroatoms. The molecule has 34 heavy (non-hydrogen) atoms. The van der Waals surface area contributed by atoms with Crippen LogP contribution >= 0.6 is 0 Å². The maximum atomic E-state index is 13.5. The third-order valence-electron chi connectivity index (χ3n) is 5.15. The van der Waals surface area contributed by atoms with Crippen LogP contribution in [0.2, 0.25) is 0 Å². The van der Waals surface area contributed by atoms with E-state index in [0.29, 0.717) is 11.4 Å². The van der Waals surface area contributed by atoms with Crippen LogP contribution in [0.15, 0.2) is 48.5 Å². The van der Waals surface area contributed by atoms with Crippen molar-refractivity contribution >= 4 is 27.5 Å². The molecule has 1 atom stereocenters. The zero-order valence-corrected chi connectivity index (χ0v) is 21.8. The molecule has 0 spiro atoms. The molecule has 2 amide bonds. The van der Waals surface area contributed by atoms with Crippen LogP contribution in [0.25, 0.3) is 0 Å². The minimum absolute atomic E-state index is 0.132. The third-order valence-corrected chi connectivity index (χ3v) is 6.29. The number of ether oxygens (including phenoxy) is 1. The Morgan fingerprint density at radius 3 is 2.21 bits per heavy atom. The number of hydrogen-bond acceptors (Lipinski definition) is 5. The van der Waals surface area contributed by atoms with Crippen LogP contribution in [0.5, 0.6) is 5.75 Å². The molecular weight excluding hydrogens is 454 g/mol. The Bertz CT molecular complexity index is 1110. The summed E-state index contributed by atoms with van der Waals surface area (Å²) in [7, 11) is -2.19. The predicted octanol–water partition coefficient (Wildman–Crippen LogP) is 3.10. The van der Waals surface area contributed by atoms with E-state index in [2.05, 4.69) is 5.32 Å². The number of sulfonamides is 1. The van der Waals surface area contributed by atoms with Crippen molar-refractivity contribution in [3.63, 3.8) is 0 Å². The molecule has 0 saturated heterocycles. The van der Waals surface area contributed by atoms with E-state index in [1.54, 1.807) is 44.4 Å². The zero-order valence-electron chi connectivity index (χ0n) is 21.0. The fraction of sp³-hybridized carbons (Fsp3) is 0.440. The molecular formula is C25H35N3O5S. The first-order valence-electron chi connectivity index (χ1n) is 11.0. The fourth-order valence-corrected chi connectivity index (χ4v) is 4.22. The van der Waals surface area contributed by atoms with Crippen molar-refractivity contribution < 1.29 is 22.7 Å². The highest BCUT2D eigenvalue weighted by Crippen LogP contribution is 2.21. The normalized spacial score (nSPS) is 12.6. The highest BCUT2D eigenvalue weighted by atomic mass is 32.2. The van der Waals surface area contributed by atoms with Gasteiger partial charge in [0.25, 0.3) is 0 Å². The Kier molecular flexibility index (Phi) is 8.72. The Morgan fingerprint density at radius 2 is 1.71 bits per heavy atom. The second-order valence-corrected chi connectivity index (χ2v) is 11.3. The van der Waals surface area contributed by atoms with Gasteiger partial charge in [0.15, 0.2) is 0 Å². The molecule has 0 heterocycles. The number of rotatable bonds is 9. The number of methoxy groups -OCH3 is 1. The summed E-state index contributed by atoms with van der Waals surface area (Å²) in [6.45, 7) is 8.77. The molecule has 1 N–H and O–H groups in total. The van der Waals surface area contributed by atoms with E-state index in [1.807, 2.05) is 45.9 Å². The number of carbonyl (C=O) groups excluding carboxylic acids is 2. The fourth-order valence-electron chi connectivity index (χ4n) is 3.38. The lowest BCUT2D eigenvalue weighted by Crippen LogP contribution is -2.54. The van der Waals surface area contributed by atoms with E-state index in [9.17, 15) is 18.0 Å². The standard InChI is InChI=1S/C25H35N3O5S/c1-18-9-8-10-21(15-18)28(34(7,31)32)17-23(29)27(19(2)24(30)26-25(3,4)5)16-20-11-13-22(33-6)14-12-20/h8-15,19H,16-17H2,1-7H3,(H,26,30)/t19-/m0/s1. The van der Waals surface area contributed by atoms with Crippen molar-refractivity contribution in [2.75, 3.05) is 24.2 Å². The van der Waals surface area contributed by atoms with Crippen LogP contribution < -0.4 is 14.4 Å². The van der Waals surface area contributed by atoms with Gasteiger partial charge in [-0.3, -0.25) is 13.9 Å². The minimum atomic E-state index is -3.75. The van der Waals surface area contributed by atoms with Gasteiger partial charge >= 0.3 is 0 Å². The number of nitrogens with one attached hydrogen (secondary N) is 1. The highest BCUT2D eigenvalue weighted by Gasteiger charge is 2.31. The molecule has 2 aromatic carbocycles. The topological polar surface area (TPSA) is 96.0 Å². The Hall–Kier alpha value is -3.07. The Morgan fingerprint density at radius 1 is 1.09 bits per heavy atom. The van der Waals surface area contributed by atoms with Gasteiger partial charge in [-0.25, -0.2) is 8.42 Å². The first kappa shape index (κ1) is 27.2. The second-order valence-electron chi connectivity index (χ2n) is 9.39. The van der Waals surface area contributed by atoms with Gasteiger partial charge in [0.05, 0.1) is 19.1 Å². The second kappa shape index (κ2) is 10.9. The summed E-state index contributed by atoms with van der Waals surface area (Å²) in [5, 5.41) is 2.90. The molecule has 0 aromatic heterocycles. The quantitative estimate of drug-likeness (QED) is 0.584. The van der Waals surface area contributed by atoms with E-state index in [1.165, 1.54) is 4.90 Å². The van der Waals surface area contributed by atoms with E-state index in [0.717, 1.165) is 21.7 Å². The van der Waals surface area contributed by atoms with Crippen LogP contribution in [0.4, 0.5) is 5.69 Å². The van der Waals surface area contributed by atoms with Crippen LogP contribution in [0.1, 0.15) is 38.8 Å². The van der Waals surface area contributed by atoms with E-state index < -0.39 is 34.1 Å². The molecule has 0 fully saturated rings.